The lowest BCUT2D eigenvalue weighted by Gasteiger charge is -2.26. The van der Waals surface area contributed by atoms with Gasteiger partial charge in [-0.25, -0.2) is 0 Å². The van der Waals surface area contributed by atoms with E-state index in [1.807, 2.05) is 0 Å². The van der Waals surface area contributed by atoms with Gasteiger partial charge in [0.2, 0.25) is 0 Å². The SMILES string of the molecule is CC1(C)c2c(cc(-c3c4ccccc4c(-c4cccc(-c5cccc6ccccc56)c4)c4ccccc34)c3ccccc23)-c2c1c1ccccc1c1ccccc21. The molecule has 11 aromatic rings. The third-order valence-corrected chi connectivity index (χ3v) is 12.9. The maximum atomic E-state index is 2.56. The Labute approximate surface area is 332 Å². The highest BCUT2D eigenvalue weighted by Gasteiger charge is 2.40. The Morgan fingerprint density at radius 3 is 1.35 bits per heavy atom. The van der Waals surface area contributed by atoms with E-state index in [1.165, 1.54) is 120 Å². The van der Waals surface area contributed by atoms with Gasteiger partial charge < -0.3 is 0 Å². The molecule has 0 heteroatoms. The Bertz CT molecular complexity index is 3430. The van der Waals surface area contributed by atoms with E-state index in [0.29, 0.717) is 0 Å². The minimum atomic E-state index is -0.199. The molecule has 0 fully saturated rings. The number of hydrogen-bond donors (Lipinski definition) is 0. The molecule has 11 aromatic carbocycles. The van der Waals surface area contributed by atoms with Gasteiger partial charge in [0.15, 0.2) is 0 Å². The average molecular weight is 723 g/mol. The topological polar surface area (TPSA) is 0 Å². The Hall–Kier alpha value is -7.02. The van der Waals surface area contributed by atoms with Crippen LogP contribution in [0.5, 0.6) is 0 Å². The third-order valence-electron chi connectivity index (χ3n) is 12.9. The number of benzene rings is 11. The van der Waals surface area contributed by atoms with Crippen LogP contribution in [0.25, 0.3) is 109 Å². The molecular formula is C57H38. The van der Waals surface area contributed by atoms with Crippen molar-refractivity contribution in [2.75, 3.05) is 0 Å². The second-order valence-electron chi connectivity index (χ2n) is 16.3. The minimum Gasteiger partial charge on any atom is -0.0616 e. The maximum Gasteiger partial charge on any atom is 0.0171 e. The van der Waals surface area contributed by atoms with Crippen LogP contribution in [0.3, 0.4) is 0 Å². The largest absolute Gasteiger partial charge is 0.0616 e. The van der Waals surface area contributed by atoms with Crippen LogP contribution in [0.2, 0.25) is 0 Å². The average Bonchev–Trinajstić information content (AvgIpc) is 3.51. The lowest BCUT2D eigenvalue weighted by Crippen LogP contribution is -2.16. The number of fused-ring (bicyclic) bond motifs is 13. The summed E-state index contributed by atoms with van der Waals surface area (Å²) in [5.74, 6) is 0. The smallest absolute Gasteiger partial charge is 0.0171 e. The summed E-state index contributed by atoms with van der Waals surface area (Å²) in [4.78, 5) is 0. The van der Waals surface area contributed by atoms with E-state index in [2.05, 4.69) is 208 Å². The van der Waals surface area contributed by atoms with Gasteiger partial charge in [0.05, 0.1) is 0 Å². The van der Waals surface area contributed by atoms with Gasteiger partial charge in [-0.05, 0) is 132 Å². The summed E-state index contributed by atoms with van der Waals surface area (Å²) in [6.45, 7) is 4.88. The van der Waals surface area contributed by atoms with Crippen molar-refractivity contribution < 1.29 is 0 Å². The van der Waals surface area contributed by atoms with Crippen molar-refractivity contribution in [1.82, 2.24) is 0 Å². The Morgan fingerprint density at radius 1 is 0.263 bits per heavy atom. The van der Waals surface area contributed by atoms with E-state index in [-0.39, 0.29) is 5.41 Å². The van der Waals surface area contributed by atoms with Gasteiger partial charge in [-0.3, -0.25) is 0 Å². The predicted octanol–water partition coefficient (Wildman–Crippen LogP) is 15.9. The molecule has 1 aliphatic rings. The molecule has 0 nitrogen and oxygen atoms in total. The van der Waals surface area contributed by atoms with E-state index < -0.39 is 0 Å². The molecule has 266 valence electrons. The standard InChI is InChI=1S/C57H38/c1-57(2)55-48-30-13-7-24-42(48)50(34-51(55)54-43-25-8-5-22-40(43)41-23-6-14-31-49(41)56(54)57)53-46-28-11-9-26-44(46)52(45-27-10-12-29-47(45)53)37-20-15-19-36(33-37)39-32-16-18-35-17-3-4-21-38(35)39/h3-34H,1-2H3. The zero-order valence-corrected chi connectivity index (χ0v) is 32.0. The molecule has 0 heterocycles. The summed E-state index contributed by atoms with van der Waals surface area (Å²) in [7, 11) is 0. The van der Waals surface area contributed by atoms with Crippen molar-refractivity contribution in [1.29, 1.82) is 0 Å². The highest BCUT2D eigenvalue weighted by molar-refractivity contribution is 6.26. The van der Waals surface area contributed by atoms with E-state index in [1.54, 1.807) is 0 Å². The van der Waals surface area contributed by atoms with Gasteiger partial charge in [0.25, 0.3) is 0 Å². The van der Waals surface area contributed by atoms with E-state index >= 15 is 0 Å². The summed E-state index contributed by atoms with van der Waals surface area (Å²) in [6, 6.07) is 72.5. The molecule has 0 bridgehead atoms. The molecule has 0 amide bonds. The first-order valence-corrected chi connectivity index (χ1v) is 20.1. The third kappa shape index (κ3) is 4.50. The molecule has 0 spiro atoms. The van der Waals surface area contributed by atoms with Crippen LogP contribution in [0.4, 0.5) is 0 Å². The van der Waals surface area contributed by atoms with Gasteiger partial charge in [-0.1, -0.05) is 196 Å². The minimum absolute atomic E-state index is 0.199. The van der Waals surface area contributed by atoms with E-state index in [4.69, 9.17) is 0 Å². The van der Waals surface area contributed by atoms with Crippen molar-refractivity contribution in [2.45, 2.75) is 19.3 Å². The fourth-order valence-corrected chi connectivity index (χ4v) is 10.7. The first-order chi connectivity index (χ1) is 28.1. The van der Waals surface area contributed by atoms with Crippen LogP contribution >= 0.6 is 0 Å². The van der Waals surface area contributed by atoms with E-state index in [9.17, 15) is 0 Å². The van der Waals surface area contributed by atoms with Crippen LogP contribution in [-0.4, -0.2) is 0 Å². The summed E-state index contributed by atoms with van der Waals surface area (Å²) in [6.07, 6.45) is 0. The van der Waals surface area contributed by atoms with Crippen LogP contribution in [0, 0.1) is 0 Å². The molecule has 0 N–H and O–H groups in total. The van der Waals surface area contributed by atoms with Crippen LogP contribution < -0.4 is 0 Å². The van der Waals surface area contributed by atoms with Crippen molar-refractivity contribution in [3.8, 4) is 44.5 Å². The molecule has 0 atom stereocenters. The second-order valence-corrected chi connectivity index (χ2v) is 16.3. The Kier molecular flexibility index (Phi) is 6.78. The van der Waals surface area contributed by atoms with Crippen molar-refractivity contribution in [2.24, 2.45) is 0 Å². The Morgan fingerprint density at radius 2 is 0.702 bits per heavy atom. The quantitative estimate of drug-likeness (QED) is 0.126. The molecule has 0 radical (unpaired) electrons. The fraction of sp³-hybridized carbons (Fsp3) is 0.0526. The molecule has 1 aliphatic carbocycles. The molecule has 57 heavy (non-hydrogen) atoms. The normalized spacial score (nSPS) is 13.2. The van der Waals surface area contributed by atoms with Gasteiger partial charge >= 0.3 is 0 Å². The second kappa shape index (κ2) is 12.0. The van der Waals surface area contributed by atoms with Crippen LogP contribution in [0.15, 0.2) is 194 Å². The van der Waals surface area contributed by atoms with Gasteiger partial charge in [-0.15, -0.1) is 0 Å². The van der Waals surface area contributed by atoms with Gasteiger partial charge in [-0.2, -0.15) is 0 Å². The van der Waals surface area contributed by atoms with Crippen LogP contribution in [-0.2, 0) is 5.41 Å². The molecular weight excluding hydrogens is 685 g/mol. The Balaban J connectivity index is 1.18. The lowest BCUT2D eigenvalue weighted by atomic mass is 9.77. The highest BCUT2D eigenvalue weighted by atomic mass is 14.4. The van der Waals surface area contributed by atoms with Crippen LogP contribution in [0.1, 0.15) is 25.0 Å². The van der Waals surface area contributed by atoms with Gasteiger partial charge in [0.1, 0.15) is 0 Å². The molecule has 0 unspecified atom stereocenters. The molecule has 0 aliphatic heterocycles. The first kappa shape index (κ1) is 32.2. The summed E-state index contributed by atoms with van der Waals surface area (Å²) in [5, 5.41) is 15.6. The zero-order valence-electron chi connectivity index (χ0n) is 32.0. The van der Waals surface area contributed by atoms with Crippen molar-refractivity contribution in [3.63, 3.8) is 0 Å². The van der Waals surface area contributed by atoms with Crippen molar-refractivity contribution in [3.05, 3.63) is 205 Å². The summed E-state index contributed by atoms with van der Waals surface area (Å²) >= 11 is 0. The monoisotopic (exact) mass is 722 g/mol. The fourth-order valence-electron chi connectivity index (χ4n) is 10.7. The number of rotatable bonds is 3. The maximum absolute atomic E-state index is 2.56. The first-order valence-electron chi connectivity index (χ1n) is 20.1. The molecule has 0 aromatic heterocycles. The predicted molar refractivity (Wildman–Crippen MR) is 245 cm³/mol. The molecule has 0 saturated carbocycles. The number of hydrogen-bond acceptors (Lipinski definition) is 0. The zero-order chi connectivity index (χ0) is 37.8. The summed E-state index contributed by atoms with van der Waals surface area (Å²) in [5.41, 5.74) is 13.0. The lowest BCUT2D eigenvalue weighted by molar-refractivity contribution is 0.672. The van der Waals surface area contributed by atoms with Crippen molar-refractivity contribution >= 4 is 64.6 Å². The summed E-state index contributed by atoms with van der Waals surface area (Å²) < 4.78 is 0. The van der Waals surface area contributed by atoms with Gasteiger partial charge in [0, 0.05) is 5.41 Å². The molecule has 0 saturated heterocycles. The highest BCUT2D eigenvalue weighted by Crippen LogP contribution is 2.58. The van der Waals surface area contributed by atoms with E-state index in [0.717, 1.165) is 0 Å². The molecule has 12 rings (SSSR count).